The number of benzene rings is 2. The van der Waals surface area contributed by atoms with Crippen molar-refractivity contribution < 1.29 is 5.11 Å². The van der Waals surface area contributed by atoms with Crippen molar-refractivity contribution in [2.45, 2.75) is 39.3 Å². The molecule has 2 aromatic heterocycles. The Bertz CT molecular complexity index is 1110. The number of imidazole rings is 1. The van der Waals surface area contributed by atoms with Crippen LogP contribution < -0.4 is 0 Å². The lowest BCUT2D eigenvalue weighted by Crippen LogP contribution is -2.09. The second-order valence-electron chi connectivity index (χ2n) is 7.11. The van der Waals surface area contributed by atoms with Crippen LogP contribution >= 0.6 is 11.6 Å². The third-order valence-corrected chi connectivity index (χ3v) is 5.44. The van der Waals surface area contributed by atoms with Gasteiger partial charge in [-0.05, 0) is 33.5 Å². The fraction of sp³-hybridized carbons (Fsp3) is 0.273. The zero-order chi connectivity index (χ0) is 20.9. The second-order valence-corrected chi connectivity index (χ2v) is 7.46. The molecule has 0 amide bonds. The summed E-state index contributed by atoms with van der Waals surface area (Å²) < 4.78 is 2.03. The molecule has 2 heterocycles. The first kappa shape index (κ1) is 23.4. The molecule has 0 saturated carbocycles. The van der Waals surface area contributed by atoms with Gasteiger partial charge in [0.05, 0.1) is 12.3 Å². The van der Waals surface area contributed by atoms with E-state index in [1.165, 1.54) is 0 Å². The number of unbranched alkanes of at least 4 members (excludes halogenated alkanes) is 1. The molecule has 2 N–H and O–H groups in total. The third kappa shape index (κ3) is 5.15. The molecule has 4 rings (SSSR count). The number of aryl methyl sites for hydroxylation is 1. The van der Waals surface area contributed by atoms with Gasteiger partial charge < -0.3 is 9.67 Å². The van der Waals surface area contributed by atoms with Crippen LogP contribution in [-0.4, -0.2) is 58.3 Å². The van der Waals surface area contributed by atoms with Crippen molar-refractivity contribution in [3.8, 4) is 22.5 Å². The molecule has 31 heavy (non-hydrogen) atoms. The van der Waals surface area contributed by atoms with E-state index in [-0.39, 0.29) is 29.7 Å². The van der Waals surface area contributed by atoms with Gasteiger partial charge in [-0.25, -0.2) is 10.1 Å². The number of aromatic amines is 1. The summed E-state index contributed by atoms with van der Waals surface area (Å²) >= 11 is 6.26. The van der Waals surface area contributed by atoms with Crippen molar-refractivity contribution >= 4 is 34.7 Å². The van der Waals surface area contributed by atoms with E-state index in [2.05, 4.69) is 62.9 Å². The minimum atomic E-state index is -0.130. The topological polar surface area (TPSA) is 92.5 Å². The smallest absolute Gasteiger partial charge is 0.316 e. The maximum Gasteiger partial charge on any atom is 0.316 e. The van der Waals surface area contributed by atoms with E-state index in [1.807, 2.05) is 22.8 Å². The molecule has 4 aromatic rings. The van der Waals surface area contributed by atoms with Gasteiger partial charge in [0.25, 0.3) is 0 Å². The molecule has 0 spiro atoms. The minimum absolute atomic E-state index is 0. The Morgan fingerprint density at radius 2 is 1.81 bits per heavy atom. The monoisotopic (exact) mass is 448 g/mol. The van der Waals surface area contributed by atoms with Gasteiger partial charge in [0.2, 0.25) is 0 Å². The summed E-state index contributed by atoms with van der Waals surface area (Å²) in [6.07, 6.45) is 2.95. The van der Waals surface area contributed by atoms with Crippen LogP contribution in [0.5, 0.6) is 0 Å². The largest absolute Gasteiger partial charge is 0.390 e. The SMILES string of the molecule is CCCCc1nc(Cl)c(CO)n1Cc1ccc(-c2ccccc2-c2nnn[nH]2)cc1.[MgH2]. The summed E-state index contributed by atoms with van der Waals surface area (Å²) in [6.45, 7) is 2.63. The summed E-state index contributed by atoms with van der Waals surface area (Å²) in [4.78, 5) is 4.47. The average molecular weight is 449 g/mol. The first-order chi connectivity index (χ1) is 14.7. The third-order valence-electron chi connectivity index (χ3n) is 5.14. The van der Waals surface area contributed by atoms with Gasteiger partial charge in [0, 0.05) is 18.5 Å². The van der Waals surface area contributed by atoms with Crippen molar-refractivity contribution in [2.75, 3.05) is 0 Å². The molecule has 0 aliphatic carbocycles. The maximum atomic E-state index is 9.77. The second kappa shape index (κ2) is 10.9. The number of halogens is 1. The van der Waals surface area contributed by atoms with Gasteiger partial charge in [-0.3, -0.25) is 0 Å². The van der Waals surface area contributed by atoms with Gasteiger partial charge in [0.15, 0.2) is 11.0 Å². The molecule has 0 bridgehead atoms. The molecule has 0 fully saturated rings. The Morgan fingerprint density at radius 1 is 1.06 bits per heavy atom. The number of aliphatic hydroxyl groups excluding tert-OH is 1. The highest BCUT2D eigenvalue weighted by Gasteiger charge is 2.15. The Labute approximate surface area is 202 Å². The molecule has 2 aromatic carbocycles. The maximum absolute atomic E-state index is 9.77. The lowest BCUT2D eigenvalue weighted by atomic mass is 9.98. The van der Waals surface area contributed by atoms with E-state index in [9.17, 15) is 5.11 Å². The number of nitrogens with zero attached hydrogens (tertiary/aromatic N) is 5. The molecule has 0 aliphatic heterocycles. The van der Waals surface area contributed by atoms with E-state index in [0.29, 0.717) is 23.2 Å². The summed E-state index contributed by atoms with van der Waals surface area (Å²) in [5.74, 6) is 1.55. The number of hydrogen-bond donors (Lipinski definition) is 2. The quantitative estimate of drug-likeness (QED) is 0.403. The summed E-state index contributed by atoms with van der Waals surface area (Å²) in [5, 5.41) is 24.4. The van der Waals surface area contributed by atoms with Gasteiger partial charge in [-0.15, -0.1) is 5.10 Å². The van der Waals surface area contributed by atoms with Crippen molar-refractivity contribution in [2.24, 2.45) is 0 Å². The zero-order valence-electron chi connectivity index (χ0n) is 16.7. The minimum Gasteiger partial charge on any atom is -0.390 e. The van der Waals surface area contributed by atoms with Crippen LogP contribution in [0.15, 0.2) is 48.5 Å². The Morgan fingerprint density at radius 3 is 2.45 bits per heavy atom. The Hall–Kier alpha value is -2.26. The lowest BCUT2D eigenvalue weighted by Gasteiger charge is -2.12. The van der Waals surface area contributed by atoms with E-state index >= 15 is 0 Å². The molecule has 7 nitrogen and oxygen atoms in total. The van der Waals surface area contributed by atoms with Crippen LogP contribution in [0.25, 0.3) is 22.5 Å². The van der Waals surface area contributed by atoms with E-state index in [0.717, 1.165) is 47.3 Å². The van der Waals surface area contributed by atoms with Crippen molar-refractivity contribution in [3.63, 3.8) is 0 Å². The molecule has 0 aliphatic rings. The van der Waals surface area contributed by atoms with Crippen LogP contribution in [0, 0.1) is 0 Å². The fourth-order valence-corrected chi connectivity index (χ4v) is 3.81. The van der Waals surface area contributed by atoms with Crippen LogP contribution in [-0.2, 0) is 19.6 Å². The number of nitrogens with one attached hydrogen (secondary N) is 1. The molecule has 0 radical (unpaired) electrons. The average Bonchev–Trinajstić information content (AvgIpc) is 3.41. The van der Waals surface area contributed by atoms with Crippen molar-refractivity contribution in [1.29, 1.82) is 0 Å². The molecule has 0 unspecified atom stereocenters. The highest BCUT2D eigenvalue weighted by molar-refractivity contribution is 6.30. The summed E-state index contributed by atoms with van der Waals surface area (Å²) in [7, 11) is 0. The van der Waals surface area contributed by atoms with E-state index < -0.39 is 0 Å². The predicted octanol–water partition coefficient (Wildman–Crippen LogP) is 3.35. The first-order valence-corrected chi connectivity index (χ1v) is 10.4. The molecule has 9 heteroatoms. The number of hydrogen-bond acceptors (Lipinski definition) is 5. The van der Waals surface area contributed by atoms with Crippen LogP contribution in [0.4, 0.5) is 0 Å². The lowest BCUT2D eigenvalue weighted by molar-refractivity contribution is 0.271. The number of tetrazole rings is 1. The normalized spacial score (nSPS) is 10.8. The molecule has 0 atom stereocenters. The highest BCUT2D eigenvalue weighted by atomic mass is 35.5. The van der Waals surface area contributed by atoms with Crippen molar-refractivity contribution in [3.05, 3.63) is 70.8 Å². The van der Waals surface area contributed by atoms with Crippen LogP contribution in [0.1, 0.15) is 36.8 Å². The fourth-order valence-electron chi connectivity index (χ4n) is 3.56. The number of H-pyrrole nitrogens is 1. The van der Waals surface area contributed by atoms with Gasteiger partial charge in [-0.1, -0.05) is 73.5 Å². The number of aliphatic hydroxyl groups is 1. The standard InChI is InChI=1S/C22H23ClN6O.Mg.2H/c1-2-3-8-20-24-21(23)19(14-30)29(20)13-15-9-11-16(12-10-15)17-6-4-5-7-18(17)22-25-27-28-26-22;;;/h4-7,9-12,30H,2-3,8,13-14H2,1H3,(H,25,26,27,28);;;. The van der Waals surface area contributed by atoms with E-state index in [4.69, 9.17) is 11.6 Å². The Kier molecular flexibility index (Phi) is 8.19. The summed E-state index contributed by atoms with van der Waals surface area (Å²) in [5.41, 5.74) is 4.84. The van der Waals surface area contributed by atoms with Crippen LogP contribution in [0.2, 0.25) is 5.15 Å². The molecule has 158 valence electrons. The molecular formula is C22H25ClMgN6O. The highest BCUT2D eigenvalue weighted by Crippen LogP contribution is 2.30. The number of aromatic nitrogens is 6. The summed E-state index contributed by atoms with van der Waals surface area (Å²) in [6, 6.07) is 16.3. The van der Waals surface area contributed by atoms with Gasteiger partial charge in [-0.2, -0.15) is 0 Å². The Balaban J connectivity index is 0.00000272. The first-order valence-electron chi connectivity index (χ1n) is 9.98. The van der Waals surface area contributed by atoms with Gasteiger partial charge in [0.1, 0.15) is 5.82 Å². The van der Waals surface area contributed by atoms with Crippen molar-refractivity contribution in [1.82, 2.24) is 30.2 Å². The van der Waals surface area contributed by atoms with Crippen LogP contribution in [0.3, 0.4) is 0 Å². The number of rotatable bonds is 8. The molecule has 0 saturated heterocycles. The zero-order valence-corrected chi connectivity index (χ0v) is 17.5. The van der Waals surface area contributed by atoms with Gasteiger partial charge >= 0.3 is 23.1 Å². The molecular weight excluding hydrogens is 424 g/mol. The predicted molar refractivity (Wildman–Crippen MR) is 124 cm³/mol. The van der Waals surface area contributed by atoms with E-state index in [1.54, 1.807) is 0 Å².